The first-order valence-electron chi connectivity index (χ1n) is 12.2. The van der Waals surface area contributed by atoms with E-state index >= 15 is 0 Å². The molecule has 2 aromatic carbocycles. The zero-order chi connectivity index (χ0) is 23.1. The van der Waals surface area contributed by atoms with Gasteiger partial charge in [0, 0.05) is 37.2 Å². The van der Waals surface area contributed by atoms with Gasteiger partial charge < -0.3 is 9.64 Å². The van der Waals surface area contributed by atoms with Crippen molar-refractivity contribution in [3.63, 3.8) is 0 Å². The van der Waals surface area contributed by atoms with Crippen molar-refractivity contribution < 1.29 is 9.53 Å². The molecule has 0 atom stereocenters. The predicted molar refractivity (Wildman–Crippen MR) is 128 cm³/mol. The molecule has 0 unspecified atom stereocenters. The van der Waals surface area contributed by atoms with Crippen molar-refractivity contribution in [3.8, 4) is 11.8 Å². The molecule has 0 saturated carbocycles. The van der Waals surface area contributed by atoms with Gasteiger partial charge >= 0.3 is 0 Å². The van der Waals surface area contributed by atoms with Crippen molar-refractivity contribution in [1.29, 1.82) is 5.26 Å². The van der Waals surface area contributed by atoms with E-state index in [1.165, 1.54) is 24.0 Å². The summed E-state index contributed by atoms with van der Waals surface area (Å²) in [5.41, 5.74) is 4.07. The number of fused-ring (bicyclic) bond motifs is 1. The molecule has 0 N–H and O–H groups in total. The SMILES string of the molecule is CC1(C)Cc2cccc(CN3CCC4(CC3)CCN(C(=O)c3cccc(C#N)c3)CC4)c2O1. The van der Waals surface area contributed by atoms with Crippen LogP contribution in [0.4, 0.5) is 0 Å². The van der Waals surface area contributed by atoms with Crippen LogP contribution < -0.4 is 4.74 Å². The third kappa shape index (κ3) is 4.50. The molecule has 172 valence electrons. The normalized spacial score (nSPS) is 21.3. The second-order valence-corrected chi connectivity index (χ2v) is 10.7. The minimum absolute atomic E-state index is 0.0558. The lowest BCUT2D eigenvalue weighted by Crippen LogP contribution is -2.48. The van der Waals surface area contributed by atoms with E-state index < -0.39 is 0 Å². The number of carbonyl (C=O) groups excluding carboxylic acids is 1. The first-order chi connectivity index (χ1) is 15.9. The summed E-state index contributed by atoms with van der Waals surface area (Å²) in [5, 5.41) is 9.12. The highest BCUT2D eigenvalue weighted by atomic mass is 16.5. The van der Waals surface area contributed by atoms with Gasteiger partial charge in [-0.1, -0.05) is 24.3 Å². The maximum atomic E-state index is 12.9. The van der Waals surface area contributed by atoms with E-state index in [2.05, 4.69) is 43.0 Å². The van der Waals surface area contributed by atoms with Gasteiger partial charge in [-0.05, 0) is 81.8 Å². The highest BCUT2D eigenvalue weighted by Crippen LogP contribution is 2.43. The van der Waals surface area contributed by atoms with Crippen molar-refractivity contribution >= 4 is 5.91 Å². The Morgan fingerprint density at radius 3 is 2.45 bits per heavy atom. The molecule has 1 spiro atoms. The largest absolute Gasteiger partial charge is 0.487 e. The third-order valence-electron chi connectivity index (χ3n) is 7.83. The number of para-hydroxylation sites is 1. The van der Waals surface area contributed by atoms with Crippen molar-refractivity contribution in [2.75, 3.05) is 26.2 Å². The zero-order valence-corrected chi connectivity index (χ0v) is 19.8. The van der Waals surface area contributed by atoms with Crippen molar-refractivity contribution in [3.05, 3.63) is 64.7 Å². The molecule has 0 radical (unpaired) electrons. The molecule has 3 aliphatic heterocycles. The maximum Gasteiger partial charge on any atom is 0.253 e. The van der Waals surface area contributed by atoms with Gasteiger partial charge in [0.15, 0.2) is 0 Å². The van der Waals surface area contributed by atoms with E-state index in [0.717, 1.165) is 57.7 Å². The summed E-state index contributed by atoms with van der Waals surface area (Å²) in [5.74, 6) is 1.16. The molecule has 1 amide bonds. The molecule has 0 bridgehead atoms. The van der Waals surface area contributed by atoms with Crippen LogP contribution in [-0.4, -0.2) is 47.5 Å². The number of ether oxygens (including phenoxy) is 1. The fraction of sp³-hybridized carbons (Fsp3) is 0.500. The first-order valence-corrected chi connectivity index (χ1v) is 12.2. The molecule has 0 aliphatic carbocycles. The lowest BCUT2D eigenvalue weighted by molar-refractivity contribution is 0.0282. The highest BCUT2D eigenvalue weighted by molar-refractivity contribution is 5.94. The lowest BCUT2D eigenvalue weighted by Gasteiger charge is -2.47. The Hall–Kier alpha value is -2.84. The molecule has 5 nitrogen and oxygen atoms in total. The molecule has 3 aliphatic rings. The van der Waals surface area contributed by atoms with Crippen molar-refractivity contribution in [1.82, 2.24) is 9.80 Å². The van der Waals surface area contributed by atoms with Gasteiger partial charge in [0.05, 0.1) is 11.6 Å². The number of amides is 1. The molecule has 2 fully saturated rings. The van der Waals surface area contributed by atoms with Crippen LogP contribution >= 0.6 is 0 Å². The first kappa shape index (κ1) is 22.0. The van der Waals surface area contributed by atoms with Crippen LogP contribution in [-0.2, 0) is 13.0 Å². The molecule has 33 heavy (non-hydrogen) atoms. The van der Waals surface area contributed by atoms with Gasteiger partial charge in [-0.2, -0.15) is 5.26 Å². The lowest BCUT2D eigenvalue weighted by atomic mass is 9.71. The number of hydrogen-bond donors (Lipinski definition) is 0. The summed E-state index contributed by atoms with van der Waals surface area (Å²) in [6.45, 7) is 9.11. The van der Waals surface area contributed by atoms with E-state index in [1.807, 2.05) is 11.0 Å². The average molecular weight is 444 g/mol. The third-order valence-corrected chi connectivity index (χ3v) is 7.83. The molecule has 5 rings (SSSR count). The van der Waals surface area contributed by atoms with Crippen LogP contribution in [0.15, 0.2) is 42.5 Å². The average Bonchev–Trinajstić information content (AvgIpc) is 3.16. The molecule has 2 saturated heterocycles. The fourth-order valence-corrected chi connectivity index (χ4v) is 5.82. The Kier molecular flexibility index (Phi) is 5.66. The standard InChI is InChI=1S/C28H33N3O2/c1-27(2)18-23-7-4-8-24(25(23)33-27)20-30-13-9-28(10-14-30)11-15-31(16-12-28)26(32)22-6-3-5-21(17-22)19-29/h3-8,17H,9-16,18,20H2,1-2H3. The summed E-state index contributed by atoms with van der Waals surface area (Å²) in [4.78, 5) is 17.5. The second kappa shape index (κ2) is 8.50. The Bertz CT molecular complexity index is 1080. The van der Waals surface area contributed by atoms with Crippen LogP contribution in [0.3, 0.4) is 0 Å². The Labute approximate surface area is 196 Å². The van der Waals surface area contributed by atoms with Crippen LogP contribution in [0.2, 0.25) is 0 Å². The predicted octanol–water partition coefficient (Wildman–Crippen LogP) is 4.79. The van der Waals surface area contributed by atoms with Crippen LogP contribution in [0.25, 0.3) is 0 Å². The number of rotatable bonds is 3. The van der Waals surface area contributed by atoms with Crippen LogP contribution in [0, 0.1) is 16.7 Å². The van der Waals surface area contributed by atoms with Crippen LogP contribution in [0.5, 0.6) is 5.75 Å². The smallest absolute Gasteiger partial charge is 0.253 e. The molecular weight excluding hydrogens is 410 g/mol. The van der Waals surface area contributed by atoms with Gasteiger partial charge in [0.25, 0.3) is 5.91 Å². The molecule has 3 heterocycles. The van der Waals surface area contributed by atoms with Gasteiger partial charge in [-0.3, -0.25) is 9.69 Å². The number of piperidine rings is 2. The maximum absolute atomic E-state index is 12.9. The summed E-state index contributed by atoms with van der Waals surface area (Å²) in [6, 6.07) is 15.8. The Morgan fingerprint density at radius 2 is 1.73 bits per heavy atom. The molecule has 2 aromatic rings. The molecular formula is C28H33N3O2. The summed E-state index contributed by atoms with van der Waals surface area (Å²) in [7, 11) is 0. The van der Waals surface area contributed by atoms with Gasteiger partial charge in [0.2, 0.25) is 0 Å². The number of benzene rings is 2. The van der Waals surface area contributed by atoms with E-state index in [9.17, 15) is 4.79 Å². The van der Waals surface area contributed by atoms with E-state index in [4.69, 9.17) is 10.00 Å². The number of nitriles is 1. The van der Waals surface area contributed by atoms with E-state index in [1.54, 1.807) is 18.2 Å². The number of hydrogen-bond acceptors (Lipinski definition) is 4. The van der Waals surface area contributed by atoms with E-state index in [0.29, 0.717) is 16.5 Å². The van der Waals surface area contributed by atoms with E-state index in [-0.39, 0.29) is 11.5 Å². The molecule has 0 aromatic heterocycles. The number of nitrogens with zero attached hydrogens (tertiary/aromatic N) is 3. The van der Waals surface area contributed by atoms with Gasteiger partial charge in [0.1, 0.15) is 11.4 Å². The van der Waals surface area contributed by atoms with Crippen LogP contribution in [0.1, 0.15) is 66.6 Å². The summed E-state index contributed by atoms with van der Waals surface area (Å²) >= 11 is 0. The topological polar surface area (TPSA) is 56.6 Å². The van der Waals surface area contributed by atoms with Crippen molar-refractivity contribution in [2.24, 2.45) is 5.41 Å². The highest BCUT2D eigenvalue weighted by Gasteiger charge is 2.39. The minimum atomic E-state index is -0.105. The second-order valence-electron chi connectivity index (χ2n) is 10.7. The summed E-state index contributed by atoms with van der Waals surface area (Å²) < 4.78 is 6.28. The number of carbonyl (C=O) groups is 1. The Balaban J connectivity index is 1.16. The minimum Gasteiger partial charge on any atom is -0.487 e. The monoisotopic (exact) mass is 443 g/mol. The number of likely N-dealkylation sites (tertiary alicyclic amines) is 2. The zero-order valence-electron chi connectivity index (χ0n) is 19.8. The van der Waals surface area contributed by atoms with Gasteiger partial charge in [-0.15, -0.1) is 0 Å². The molecule has 5 heteroatoms. The fourth-order valence-electron chi connectivity index (χ4n) is 5.82. The Morgan fingerprint density at radius 1 is 1.03 bits per heavy atom. The van der Waals surface area contributed by atoms with Crippen molar-refractivity contribution in [2.45, 2.75) is 58.1 Å². The summed E-state index contributed by atoms with van der Waals surface area (Å²) in [6.07, 6.45) is 5.51. The van der Waals surface area contributed by atoms with Gasteiger partial charge in [-0.25, -0.2) is 0 Å². The quantitative estimate of drug-likeness (QED) is 0.684.